The molecule has 1 aromatic carbocycles. The molecular weight excluding hydrogens is 272 g/mol. The van der Waals surface area contributed by atoms with Crippen LogP contribution in [0.5, 0.6) is 0 Å². The molecule has 0 aliphatic rings. The smallest absolute Gasteiger partial charge is 0.240 e. The molecule has 0 amide bonds. The molecule has 18 heavy (non-hydrogen) atoms. The standard InChI is InChI=1S/C12H13ClN2O2S/c1-3-15-18(16,17)9-4-5-10-8(2)7-14-12(13)11(10)6-9/h4-7,15H,3H2,1-2H3. The summed E-state index contributed by atoms with van der Waals surface area (Å²) in [7, 11) is -3.47. The number of pyridine rings is 1. The fraction of sp³-hybridized carbons (Fsp3) is 0.250. The number of hydrogen-bond acceptors (Lipinski definition) is 3. The average molecular weight is 285 g/mol. The third kappa shape index (κ3) is 2.34. The number of fused-ring (bicyclic) bond motifs is 1. The summed E-state index contributed by atoms with van der Waals surface area (Å²) >= 11 is 6.00. The molecule has 0 unspecified atom stereocenters. The molecule has 1 N–H and O–H groups in total. The number of nitrogens with one attached hydrogen (secondary N) is 1. The normalized spacial score (nSPS) is 11.9. The molecule has 0 spiro atoms. The van der Waals surface area contributed by atoms with Crippen LogP contribution in [0.1, 0.15) is 12.5 Å². The molecule has 0 aliphatic heterocycles. The van der Waals surface area contributed by atoms with Crippen molar-refractivity contribution in [1.82, 2.24) is 9.71 Å². The van der Waals surface area contributed by atoms with Gasteiger partial charge in [-0.3, -0.25) is 0 Å². The molecule has 0 saturated carbocycles. The number of sulfonamides is 1. The minimum atomic E-state index is -3.47. The van der Waals surface area contributed by atoms with Gasteiger partial charge in [0.1, 0.15) is 5.15 Å². The molecule has 2 rings (SSSR count). The Morgan fingerprint density at radius 2 is 2.06 bits per heavy atom. The number of hydrogen-bond donors (Lipinski definition) is 1. The number of aryl methyl sites for hydroxylation is 1. The highest BCUT2D eigenvalue weighted by molar-refractivity contribution is 7.89. The lowest BCUT2D eigenvalue weighted by Gasteiger charge is -2.08. The Balaban J connectivity index is 2.68. The minimum absolute atomic E-state index is 0.200. The van der Waals surface area contributed by atoms with E-state index in [1.165, 1.54) is 0 Å². The zero-order chi connectivity index (χ0) is 13.3. The molecule has 96 valence electrons. The zero-order valence-corrected chi connectivity index (χ0v) is 11.6. The second-order valence-electron chi connectivity index (χ2n) is 3.94. The van der Waals surface area contributed by atoms with Crippen molar-refractivity contribution in [2.75, 3.05) is 6.54 Å². The lowest BCUT2D eigenvalue weighted by Crippen LogP contribution is -2.23. The fourth-order valence-electron chi connectivity index (χ4n) is 1.77. The second kappa shape index (κ2) is 4.84. The first-order chi connectivity index (χ1) is 8.45. The molecule has 1 heterocycles. The molecule has 4 nitrogen and oxygen atoms in total. The van der Waals surface area contributed by atoms with E-state index in [1.807, 2.05) is 6.92 Å². The molecule has 0 atom stereocenters. The van der Waals surface area contributed by atoms with Crippen LogP contribution in [0.15, 0.2) is 29.3 Å². The van der Waals surface area contributed by atoms with Crippen LogP contribution >= 0.6 is 11.6 Å². The van der Waals surface area contributed by atoms with Gasteiger partial charge in [-0.15, -0.1) is 0 Å². The predicted octanol–water partition coefficient (Wildman–Crippen LogP) is 2.49. The molecule has 0 bridgehead atoms. The van der Waals surface area contributed by atoms with E-state index < -0.39 is 10.0 Å². The van der Waals surface area contributed by atoms with Crippen molar-refractivity contribution >= 4 is 32.4 Å². The van der Waals surface area contributed by atoms with Crippen molar-refractivity contribution in [3.63, 3.8) is 0 Å². The third-order valence-corrected chi connectivity index (χ3v) is 4.50. The van der Waals surface area contributed by atoms with E-state index in [2.05, 4.69) is 9.71 Å². The number of aromatic nitrogens is 1. The Hall–Kier alpha value is -1.17. The summed E-state index contributed by atoms with van der Waals surface area (Å²) < 4.78 is 26.2. The summed E-state index contributed by atoms with van der Waals surface area (Å²) in [5.74, 6) is 0. The Kier molecular flexibility index (Phi) is 3.56. The van der Waals surface area contributed by atoms with Gasteiger partial charge in [0.2, 0.25) is 10.0 Å². The topological polar surface area (TPSA) is 59.1 Å². The van der Waals surface area contributed by atoms with Gasteiger partial charge >= 0.3 is 0 Å². The van der Waals surface area contributed by atoms with Gasteiger partial charge in [0.25, 0.3) is 0 Å². The van der Waals surface area contributed by atoms with Crippen molar-refractivity contribution < 1.29 is 8.42 Å². The van der Waals surface area contributed by atoms with E-state index >= 15 is 0 Å². The SMILES string of the molecule is CCNS(=O)(=O)c1ccc2c(C)cnc(Cl)c2c1. The van der Waals surface area contributed by atoms with Crippen LogP contribution in [-0.4, -0.2) is 19.9 Å². The minimum Gasteiger partial charge on any atom is -0.244 e. The van der Waals surface area contributed by atoms with E-state index in [9.17, 15) is 8.42 Å². The first kappa shape index (κ1) is 13.3. The van der Waals surface area contributed by atoms with E-state index in [0.29, 0.717) is 17.1 Å². The van der Waals surface area contributed by atoms with Gasteiger partial charge in [-0.25, -0.2) is 18.1 Å². The van der Waals surface area contributed by atoms with Gasteiger partial charge in [0.15, 0.2) is 0 Å². The van der Waals surface area contributed by atoms with Gasteiger partial charge in [0, 0.05) is 18.1 Å². The van der Waals surface area contributed by atoms with Gasteiger partial charge in [-0.2, -0.15) is 0 Å². The number of benzene rings is 1. The van der Waals surface area contributed by atoms with Gasteiger partial charge in [0.05, 0.1) is 4.90 Å². The molecule has 0 fully saturated rings. The predicted molar refractivity (Wildman–Crippen MR) is 72.4 cm³/mol. The van der Waals surface area contributed by atoms with Crippen molar-refractivity contribution in [2.24, 2.45) is 0 Å². The Morgan fingerprint density at radius 1 is 1.33 bits per heavy atom. The fourth-order valence-corrected chi connectivity index (χ4v) is 3.04. The van der Waals surface area contributed by atoms with Crippen LogP contribution in [0.4, 0.5) is 0 Å². The monoisotopic (exact) mass is 284 g/mol. The molecule has 0 saturated heterocycles. The van der Waals surface area contributed by atoms with Crippen LogP contribution in [-0.2, 0) is 10.0 Å². The molecular formula is C12H13ClN2O2S. The zero-order valence-electron chi connectivity index (χ0n) is 10.1. The summed E-state index contributed by atoms with van der Waals surface area (Å²) in [4.78, 5) is 4.23. The summed E-state index contributed by atoms with van der Waals surface area (Å²) in [6.45, 7) is 3.99. The van der Waals surface area contributed by atoms with Crippen LogP contribution in [0, 0.1) is 6.92 Å². The van der Waals surface area contributed by atoms with Crippen molar-refractivity contribution in [3.05, 3.63) is 35.1 Å². The van der Waals surface area contributed by atoms with E-state index in [4.69, 9.17) is 11.6 Å². The van der Waals surface area contributed by atoms with Crippen molar-refractivity contribution in [2.45, 2.75) is 18.7 Å². The van der Waals surface area contributed by atoms with E-state index in [1.54, 1.807) is 31.3 Å². The summed E-state index contributed by atoms with van der Waals surface area (Å²) in [6.07, 6.45) is 1.67. The lowest BCUT2D eigenvalue weighted by atomic mass is 10.1. The van der Waals surface area contributed by atoms with E-state index in [-0.39, 0.29) is 4.90 Å². The molecule has 1 aromatic heterocycles. The Labute approximate surface area is 111 Å². The third-order valence-electron chi connectivity index (χ3n) is 2.65. The van der Waals surface area contributed by atoms with Gasteiger partial charge in [-0.1, -0.05) is 24.6 Å². The molecule has 2 aromatic rings. The van der Waals surface area contributed by atoms with Crippen LogP contribution in [0.2, 0.25) is 5.15 Å². The number of rotatable bonds is 3. The van der Waals surface area contributed by atoms with Crippen LogP contribution < -0.4 is 4.72 Å². The number of nitrogens with zero attached hydrogens (tertiary/aromatic N) is 1. The maximum Gasteiger partial charge on any atom is 0.240 e. The van der Waals surface area contributed by atoms with Crippen LogP contribution in [0.25, 0.3) is 10.8 Å². The Bertz CT molecular complexity index is 699. The first-order valence-corrected chi connectivity index (χ1v) is 7.36. The summed E-state index contributed by atoms with van der Waals surface area (Å²) in [6, 6.07) is 4.88. The van der Waals surface area contributed by atoms with Crippen LogP contribution in [0.3, 0.4) is 0 Å². The summed E-state index contributed by atoms with van der Waals surface area (Å²) in [5, 5.41) is 1.87. The maximum absolute atomic E-state index is 11.9. The van der Waals surface area contributed by atoms with Gasteiger partial charge < -0.3 is 0 Å². The maximum atomic E-state index is 11.9. The van der Waals surface area contributed by atoms with E-state index in [0.717, 1.165) is 10.9 Å². The highest BCUT2D eigenvalue weighted by Crippen LogP contribution is 2.26. The average Bonchev–Trinajstić information content (AvgIpc) is 2.33. The molecule has 6 heteroatoms. The van der Waals surface area contributed by atoms with Crippen molar-refractivity contribution in [1.29, 1.82) is 0 Å². The van der Waals surface area contributed by atoms with Crippen molar-refractivity contribution in [3.8, 4) is 0 Å². The summed E-state index contributed by atoms with van der Waals surface area (Å²) in [5.41, 5.74) is 0.960. The molecule has 0 aliphatic carbocycles. The number of halogens is 1. The largest absolute Gasteiger partial charge is 0.244 e. The Morgan fingerprint density at radius 3 is 2.72 bits per heavy atom. The quantitative estimate of drug-likeness (QED) is 0.881. The van der Waals surface area contributed by atoms with Gasteiger partial charge in [-0.05, 0) is 30.0 Å². The lowest BCUT2D eigenvalue weighted by molar-refractivity contribution is 0.584. The molecule has 0 radical (unpaired) electrons. The second-order valence-corrected chi connectivity index (χ2v) is 6.07. The first-order valence-electron chi connectivity index (χ1n) is 5.50. The highest BCUT2D eigenvalue weighted by Gasteiger charge is 2.14. The highest BCUT2D eigenvalue weighted by atomic mass is 35.5.